The van der Waals surface area contributed by atoms with Crippen molar-refractivity contribution in [2.75, 3.05) is 5.32 Å². The Bertz CT molecular complexity index is 1110. The maximum Gasteiger partial charge on any atom is 0.416 e. The Kier molecular flexibility index (Phi) is 5.24. The summed E-state index contributed by atoms with van der Waals surface area (Å²) in [6, 6.07) is 10.8. The molecule has 0 aliphatic carbocycles. The molecule has 0 spiro atoms. The molecule has 144 valence electrons. The highest BCUT2D eigenvalue weighted by molar-refractivity contribution is 6.33. The second-order valence-electron chi connectivity index (χ2n) is 5.96. The van der Waals surface area contributed by atoms with Gasteiger partial charge in [-0.1, -0.05) is 23.7 Å². The van der Waals surface area contributed by atoms with Crippen molar-refractivity contribution in [1.82, 2.24) is 9.78 Å². The highest BCUT2D eigenvalue weighted by atomic mass is 35.5. The summed E-state index contributed by atoms with van der Waals surface area (Å²) in [5.41, 5.74) is -0.841. The van der Waals surface area contributed by atoms with E-state index >= 15 is 0 Å². The fraction of sp³-hybridized carbons (Fsp3) is 0.105. The molecule has 0 saturated carbocycles. The molecule has 0 unspecified atom stereocenters. The minimum atomic E-state index is -4.60. The minimum absolute atomic E-state index is 0.101. The Morgan fingerprint density at radius 1 is 1.14 bits per heavy atom. The van der Waals surface area contributed by atoms with Gasteiger partial charge in [0.25, 0.3) is 5.91 Å². The van der Waals surface area contributed by atoms with E-state index in [4.69, 9.17) is 11.6 Å². The van der Waals surface area contributed by atoms with Crippen LogP contribution in [0.15, 0.2) is 59.5 Å². The predicted molar refractivity (Wildman–Crippen MR) is 99.0 cm³/mol. The number of alkyl halides is 3. The second kappa shape index (κ2) is 7.47. The van der Waals surface area contributed by atoms with E-state index in [0.717, 1.165) is 23.8 Å². The molecule has 3 aromatic rings. The van der Waals surface area contributed by atoms with Gasteiger partial charge in [0.05, 0.1) is 22.0 Å². The number of aryl methyl sites for hydroxylation is 1. The Hall–Kier alpha value is -3.13. The zero-order chi connectivity index (χ0) is 20.5. The van der Waals surface area contributed by atoms with E-state index in [-0.39, 0.29) is 10.7 Å². The van der Waals surface area contributed by atoms with E-state index in [1.54, 1.807) is 18.2 Å². The van der Waals surface area contributed by atoms with E-state index in [1.807, 2.05) is 13.0 Å². The van der Waals surface area contributed by atoms with Gasteiger partial charge in [0, 0.05) is 12.3 Å². The van der Waals surface area contributed by atoms with E-state index in [9.17, 15) is 22.8 Å². The third kappa shape index (κ3) is 4.23. The molecule has 1 aromatic heterocycles. The van der Waals surface area contributed by atoms with Crippen molar-refractivity contribution in [3.63, 3.8) is 0 Å². The van der Waals surface area contributed by atoms with Gasteiger partial charge in [-0.25, -0.2) is 4.68 Å². The molecular formula is C19H13ClF3N3O2. The van der Waals surface area contributed by atoms with Gasteiger partial charge in [-0.3, -0.25) is 9.59 Å². The van der Waals surface area contributed by atoms with Crippen LogP contribution in [0.2, 0.25) is 5.02 Å². The van der Waals surface area contributed by atoms with Crippen molar-refractivity contribution in [3.8, 4) is 5.69 Å². The number of carbonyl (C=O) groups excluding carboxylic acids is 1. The molecule has 5 nitrogen and oxygen atoms in total. The van der Waals surface area contributed by atoms with Crippen molar-refractivity contribution in [3.05, 3.63) is 86.8 Å². The summed E-state index contributed by atoms with van der Waals surface area (Å²) in [4.78, 5) is 24.5. The lowest BCUT2D eigenvalue weighted by Gasteiger charge is -2.12. The zero-order valence-corrected chi connectivity index (χ0v) is 15.2. The van der Waals surface area contributed by atoms with Crippen molar-refractivity contribution >= 4 is 23.2 Å². The number of rotatable bonds is 3. The number of amides is 1. The minimum Gasteiger partial charge on any atom is -0.319 e. The number of hydrogen-bond donors (Lipinski definition) is 1. The number of hydrogen-bond acceptors (Lipinski definition) is 3. The average Bonchev–Trinajstić information content (AvgIpc) is 2.63. The number of aromatic nitrogens is 2. The molecule has 1 N–H and O–H groups in total. The van der Waals surface area contributed by atoms with Crippen LogP contribution in [0.5, 0.6) is 0 Å². The van der Waals surface area contributed by atoms with Crippen molar-refractivity contribution in [2.45, 2.75) is 13.1 Å². The van der Waals surface area contributed by atoms with Gasteiger partial charge < -0.3 is 5.32 Å². The monoisotopic (exact) mass is 407 g/mol. The third-order valence-electron chi connectivity index (χ3n) is 3.83. The average molecular weight is 408 g/mol. The number of benzene rings is 2. The summed E-state index contributed by atoms with van der Waals surface area (Å²) in [6.45, 7) is 1.87. The van der Waals surface area contributed by atoms with Gasteiger partial charge in [0.2, 0.25) is 5.43 Å². The molecule has 0 bridgehead atoms. The molecule has 0 aliphatic heterocycles. The number of nitrogens with one attached hydrogen (secondary N) is 1. The summed E-state index contributed by atoms with van der Waals surface area (Å²) in [5, 5.41) is 6.13. The second-order valence-corrected chi connectivity index (χ2v) is 6.37. The molecule has 0 aliphatic rings. The predicted octanol–water partition coefficient (Wildman–Crippen LogP) is 4.47. The van der Waals surface area contributed by atoms with Crippen LogP contribution < -0.4 is 10.7 Å². The van der Waals surface area contributed by atoms with Gasteiger partial charge >= 0.3 is 6.18 Å². The number of anilines is 1. The van der Waals surface area contributed by atoms with E-state index in [0.29, 0.717) is 11.8 Å². The highest BCUT2D eigenvalue weighted by Crippen LogP contribution is 2.33. The van der Waals surface area contributed by atoms with Gasteiger partial charge in [-0.05, 0) is 42.8 Å². The van der Waals surface area contributed by atoms with Crippen molar-refractivity contribution < 1.29 is 18.0 Å². The molecule has 0 saturated heterocycles. The maximum atomic E-state index is 12.9. The van der Waals surface area contributed by atoms with Crippen LogP contribution in [0.4, 0.5) is 18.9 Å². The lowest BCUT2D eigenvalue weighted by atomic mass is 10.2. The lowest BCUT2D eigenvalue weighted by Crippen LogP contribution is -2.25. The van der Waals surface area contributed by atoms with Crippen LogP contribution in [-0.2, 0) is 6.18 Å². The smallest absolute Gasteiger partial charge is 0.319 e. The molecular weight excluding hydrogens is 395 g/mol. The summed E-state index contributed by atoms with van der Waals surface area (Å²) >= 11 is 5.88. The quantitative estimate of drug-likeness (QED) is 0.697. The number of carbonyl (C=O) groups is 1. The van der Waals surface area contributed by atoms with E-state index in [2.05, 4.69) is 10.4 Å². The molecule has 28 heavy (non-hydrogen) atoms. The lowest BCUT2D eigenvalue weighted by molar-refractivity contribution is -0.137. The molecule has 0 atom stereocenters. The normalized spacial score (nSPS) is 11.3. The summed E-state index contributed by atoms with van der Waals surface area (Å²) in [6.07, 6.45) is -3.21. The first-order valence-corrected chi connectivity index (χ1v) is 8.38. The highest BCUT2D eigenvalue weighted by Gasteiger charge is 2.31. The first kappa shape index (κ1) is 19.6. The summed E-state index contributed by atoms with van der Waals surface area (Å²) in [7, 11) is 0. The van der Waals surface area contributed by atoms with Crippen LogP contribution >= 0.6 is 11.6 Å². The van der Waals surface area contributed by atoms with Crippen LogP contribution in [0.3, 0.4) is 0 Å². The Morgan fingerprint density at radius 3 is 2.57 bits per heavy atom. The molecule has 0 fully saturated rings. The molecule has 1 heterocycles. The van der Waals surface area contributed by atoms with Crippen molar-refractivity contribution in [1.29, 1.82) is 0 Å². The van der Waals surface area contributed by atoms with Gasteiger partial charge in [-0.15, -0.1) is 0 Å². The molecule has 0 radical (unpaired) electrons. The fourth-order valence-corrected chi connectivity index (χ4v) is 2.62. The van der Waals surface area contributed by atoms with E-state index in [1.165, 1.54) is 10.9 Å². The largest absolute Gasteiger partial charge is 0.416 e. The Morgan fingerprint density at radius 2 is 1.89 bits per heavy atom. The first-order chi connectivity index (χ1) is 13.1. The van der Waals surface area contributed by atoms with Crippen LogP contribution in [0.25, 0.3) is 5.69 Å². The summed E-state index contributed by atoms with van der Waals surface area (Å²) in [5.74, 6) is -0.965. The number of nitrogens with zero attached hydrogens (tertiary/aromatic N) is 2. The van der Waals surface area contributed by atoms with Crippen LogP contribution in [0.1, 0.15) is 21.6 Å². The van der Waals surface area contributed by atoms with Crippen molar-refractivity contribution in [2.24, 2.45) is 0 Å². The van der Waals surface area contributed by atoms with Gasteiger partial charge in [-0.2, -0.15) is 18.3 Å². The molecule has 3 rings (SSSR count). The van der Waals surface area contributed by atoms with Gasteiger partial charge in [0.15, 0.2) is 5.69 Å². The molecule has 9 heteroatoms. The zero-order valence-electron chi connectivity index (χ0n) is 14.4. The number of halogens is 4. The van der Waals surface area contributed by atoms with E-state index < -0.39 is 28.8 Å². The summed E-state index contributed by atoms with van der Waals surface area (Å²) < 4.78 is 40.0. The Labute approximate surface area is 162 Å². The standard InChI is InChI=1S/C19H13ClF3N3O2/c1-11-3-2-4-13(9-11)26-8-7-16(27)17(25-26)18(28)24-15-10-12(19(21,22)23)5-6-14(15)20/h2-10H,1H3,(H,24,28). The van der Waals surface area contributed by atoms with Crippen LogP contribution in [-0.4, -0.2) is 15.7 Å². The van der Waals surface area contributed by atoms with Gasteiger partial charge in [0.1, 0.15) is 0 Å². The molecule has 2 aromatic carbocycles. The topological polar surface area (TPSA) is 64.0 Å². The fourth-order valence-electron chi connectivity index (χ4n) is 2.46. The maximum absolute atomic E-state index is 12.9. The third-order valence-corrected chi connectivity index (χ3v) is 4.16. The first-order valence-electron chi connectivity index (χ1n) is 8.00. The SMILES string of the molecule is Cc1cccc(-n2ccc(=O)c(C(=O)Nc3cc(C(F)(F)F)ccc3Cl)n2)c1. The Balaban J connectivity index is 1.95. The molecule has 1 amide bonds. The van der Waals surface area contributed by atoms with Crippen LogP contribution in [0, 0.1) is 6.92 Å².